The Morgan fingerprint density at radius 2 is 2.10 bits per heavy atom. The first-order chi connectivity index (χ1) is 9.16. The lowest BCUT2D eigenvalue weighted by Crippen LogP contribution is -2.29. The second-order valence-corrected chi connectivity index (χ2v) is 5.86. The van der Waals surface area contributed by atoms with Crippen LogP contribution in [0.15, 0.2) is 23.1 Å². The van der Waals surface area contributed by atoms with Gasteiger partial charge in [0.05, 0.1) is 17.4 Å². The molecule has 0 spiro atoms. The molecule has 110 valence electrons. The normalized spacial score (nSPS) is 11.6. The van der Waals surface area contributed by atoms with Crippen LogP contribution in [0.3, 0.4) is 0 Å². The van der Waals surface area contributed by atoms with E-state index in [2.05, 4.69) is 0 Å². The first-order valence-electron chi connectivity index (χ1n) is 5.28. The van der Waals surface area contributed by atoms with E-state index in [0.29, 0.717) is 10.4 Å². The summed E-state index contributed by atoms with van der Waals surface area (Å²) in [5, 5.41) is 18.9. The summed E-state index contributed by atoms with van der Waals surface area (Å²) in [4.78, 5) is 19.2. The molecule has 0 saturated heterocycles. The standard InChI is InChI=1S/C10H11FN2O6S/c1-12(5-4-10(14)15)20(18,19)9-3-2-7(13(16)17)6-8(9)11/h2-3,6H,4-5H2,1H3,(H,14,15). The monoisotopic (exact) mass is 306 g/mol. The summed E-state index contributed by atoms with van der Waals surface area (Å²) in [7, 11) is -3.14. The SMILES string of the molecule is CN(CCC(=O)O)S(=O)(=O)c1ccc([N+](=O)[O-])cc1F. The van der Waals surface area contributed by atoms with Crippen molar-refractivity contribution < 1.29 is 27.6 Å². The maximum absolute atomic E-state index is 13.6. The number of sulfonamides is 1. The molecule has 0 aliphatic carbocycles. The molecule has 0 heterocycles. The summed E-state index contributed by atoms with van der Waals surface area (Å²) in [5.74, 6) is -2.46. The summed E-state index contributed by atoms with van der Waals surface area (Å²) < 4.78 is 38.3. The summed E-state index contributed by atoms with van der Waals surface area (Å²) in [5.41, 5.74) is -0.574. The third-order valence-electron chi connectivity index (χ3n) is 2.46. The van der Waals surface area contributed by atoms with Crippen LogP contribution in [0.5, 0.6) is 0 Å². The molecule has 10 heteroatoms. The number of hydrogen-bond donors (Lipinski definition) is 1. The molecule has 0 radical (unpaired) electrons. The smallest absolute Gasteiger partial charge is 0.304 e. The van der Waals surface area contributed by atoms with Gasteiger partial charge in [-0.05, 0) is 6.07 Å². The van der Waals surface area contributed by atoms with Crippen molar-refractivity contribution in [3.63, 3.8) is 0 Å². The Hall–Kier alpha value is -2.07. The largest absolute Gasteiger partial charge is 0.481 e. The van der Waals surface area contributed by atoms with Gasteiger partial charge in [-0.25, -0.2) is 17.1 Å². The van der Waals surface area contributed by atoms with E-state index in [1.54, 1.807) is 0 Å². The minimum atomic E-state index is -4.24. The highest BCUT2D eigenvalue weighted by atomic mass is 32.2. The van der Waals surface area contributed by atoms with Gasteiger partial charge in [-0.15, -0.1) is 0 Å². The van der Waals surface area contributed by atoms with Gasteiger partial charge in [-0.1, -0.05) is 0 Å². The maximum Gasteiger partial charge on any atom is 0.304 e. The molecule has 1 aromatic rings. The van der Waals surface area contributed by atoms with E-state index < -0.39 is 43.7 Å². The van der Waals surface area contributed by atoms with Crippen molar-refractivity contribution in [2.75, 3.05) is 13.6 Å². The lowest BCUT2D eigenvalue weighted by molar-refractivity contribution is -0.385. The Morgan fingerprint density at radius 3 is 2.55 bits per heavy atom. The molecule has 1 rings (SSSR count). The van der Waals surface area contributed by atoms with Crippen LogP contribution in [0, 0.1) is 15.9 Å². The number of carboxylic acid groups (broad SMARTS) is 1. The fourth-order valence-corrected chi connectivity index (χ4v) is 2.57. The molecule has 0 aliphatic rings. The molecule has 0 amide bonds. The van der Waals surface area contributed by atoms with E-state index >= 15 is 0 Å². The van der Waals surface area contributed by atoms with Crippen molar-refractivity contribution in [3.05, 3.63) is 34.1 Å². The average Bonchev–Trinajstić information content (AvgIpc) is 2.35. The number of nitro benzene ring substituents is 1. The molecule has 20 heavy (non-hydrogen) atoms. The minimum Gasteiger partial charge on any atom is -0.481 e. The van der Waals surface area contributed by atoms with E-state index in [1.807, 2.05) is 0 Å². The first kappa shape index (κ1) is 16.0. The summed E-state index contributed by atoms with van der Waals surface area (Å²) in [6.45, 7) is -0.339. The van der Waals surface area contributed by atoms with E-state index in [9.17, 15) is 27.7 Å². The molecule has 0 unspecified atom stereocenters. The van der Waals surface area contributed by atoms with Crippen LogP contribution in [-0.2, 0) is 14.8 Å². The molecule has 0 aliphatic heterocycles. The highest BCUT2D eigenvalue weighted by molar-refractivity contribution is 7.89. The lowest BCUT2D eigenvalue weighted by Gasteiger charge is -2.16. The van der Waals surface area contributed by atoms with Crippen molar-refractivity contribution in [2.24, 2.45) is 0 Å². The molecule has 0 aromatic heterocycles. The predicted molar refractivity (Wildman–Crippen MR) is 65.1 cm³/mol. The molecule has 0 atom stereocenters. The number of carboxylic acids is 1. The molecule has 8 nitrogen and oxygen atoms in total. The Morgan fingerprint density at radius 1 is 1.50 bits per heavy atom. The van der Waals surface area contributed by atoms with E-state index in [4.69, 9.17) is 5.11 Å². The van der Waals surface area contributed by atoms with Gasteiger partial charge >= 0.3 is 5.97 Å². The van der Waals surface area contributed by atoms with Gasteiger partial charge in [-0.3, -0.25) is 14.9 Å². The molecule has 1 aromatic carbocycles. The summed E-state index contributed by atoms with van der Waals surface area (Å²) in [6, 6.07) is 2.14. The zero-order chi connectivity index (χ0) is 15.5. The van der Waals surface area contributed by atoms with E-state index in [1.165, 1.54) is 0 Å². The van der Waals surface area contributed by atoms with Gasteiger partial charge < -0.3 is 5.11 Å². The van der Waals surface area contributed by atoms with Crippen LogP contribution >= 0.6 is 0 Å². The number of non-ortho nitro benzene ring substituents is 1. The fourth-order valence-electron chi connectivity index (χ4n) is 1.35. The number of benzene rings is 1. The second kappa shape index (κ2) is 5.92. The topological polar surface area (TPSA) is 118 Å². The molecule has 1 N–H and O–H groups in total. The number of nitrogens with zero attached hydrogens (tertiary/aromatic N) is 2. The van der Waals surface area contributed by atoms with Crippen molar-refractivity contribution in [2.45, 2.75) is 11.3 Å². The molecule has 0 bridgehead atoms. The Balaban J connectivity index is 3.09. The van der Waals surface area contributed by atoms with Gasteiger partial charge in [0.2, 0.25) is 10.0 Å². The minimum absolute atomic E-state index is 0.339. The zero-order valence-electron chi connectivity index (χ0n) is 10.3. The lowest BCUT2D eigenvalue weighted by atomic mass is 10.3. The van der Waals surface area contributed by atoms with Gasteiger partial charge in [0.15, 0.2) is 0 Å². The third kappa shape index (κ3) is 3.48. The fraction of sp³-hybridized carbons (Fsp3) is 0.300. The number of carbonyl (C=O) groups is 1. The van der Waals surface area contributed by atoms with Crippen LogP contribution in [0.4, 0.5) is 10.1 Å². The van der Waals surface area contributed by atoms with Gasteiger partial charge in [-0.2, -0.15) is 0 Å². The third-order valence-corrected chi connectivity index (χ3v) is 4.35. The van der Waals surface area contributed by atoms with Gasteiger partial charge in [0, 0.05) is 19.7 Å². The Kier molecular flexibility index (Phi) is 4.73. The van der Waals surface area contributed by atoms with Crippen LogP contribution in [0.2, 0.25) is 0 Å². The van der Waals surface area contributed by atoms with Crippen molar-refractivity contribution >= 4 is 21.7 Å². The van der Waals surface area contributed by atoms with E-state index in [0.717, 1.165) is 19.2 Å². The predicted octanol–water partition coefficient (Wildman–Crippen LogP) is 0.829. The molecule has 0 fully saturated rings. The molecular weight excluding hydrogens is 295 g/mol. The number of halogens is 1. The number of hydrogen-bond acceptors (Lipinski definition) is 5. The van der Waals surface area contributed by atoms with Crippen LogP contribution in [0.1, 0.15) is 6.42 Å². The van der Waals surface area contributed by atoms with Crippen LogP contribution < -0.4 is 0 Å². The van der Waals surface area contributed by atoms with Crippen molar-refractivity contribution in [1.29, 1.82) is 0 Å². The average molecular weight is 306 g/mol. The molecular formula is C10H11FN2O6S. The van der Waals surface area contributed by atoms with Gasteiger partial charge in [0.1, 0.15) is 10.7 Å². The summed E-state index contributed by atoms with van der Waals surface area (Å²) >= 11 is 0. The Bertz CT molecular complexity index is 645. The first-order valence-corrected chi connectivity index (χ1v) is 6.72. The van der Waals surface area contributed by atoms with Crippen LogP contribution in [-0.4, -0.2) is 42.3 Å². The number of nitro groups is 1. The highest BCUT2D eigenvalue weighted by Gasteiger charge is 2.26. The van der Waals surface area contributed by atoms with Crippen molar-refractivity contribution in [3.8, 4) is 0 Å². The number of rotatable bonds is 6. The number of aliphatic carboxylic acids is 1. The van der Waals surface area contributed by atoms with E-state index in [-0.39, 0.29) is 6.54 Å². The quantitative estimate of drug-likeness (QED) is 0.614. The highest BCUT2D eigenvalue weighted by Crippen LogP contribution is 2.22. The summed E-state index contributed by atoms with van der Waals surface area (Å²) in [6.07, 6.45) is -0.440. The van der Waals surface area contributed by atoms with Crippen molar-refractivity contribution in [1.82, 2.24) is 4.31 Å². The zero-order valence-corrected chi connectivity index (χ0v) is 11.1. The van der Waals surface area contributed by atoms with Crippen LogP contribution in [0.25, 0.3) is 0 Å². The maximum atomic E-state index is 13.6. The van der Waals surface area contributed by atoms with Gasteiger partial charge in [0.25, 0.3) is 5.69 Å². The second-order valence-electron chi connectivity index (χ2n) is 3.84. The Labute approximate surface area is 113 Å². The molecule has 0 saturated carbocycles.